The second-order valence-electron chi connectivity index (χ2n) is 6.18. The van der Waals surface area contributed by atoms with E-state index in [1.807, 2.05) is 0 Å². The molecule has 0 saturated heterocycles. The first-order chi connectivity index (χ1) is 8.30. The van der Waals surface area contributed by atoms with Crippen molar-refractivity contribution >= 4 is 5.91 Å². The monoisotopic (exact) mass is 250 g/mol. The summed E-state index contributed by atoms with van der Waals surface area (Å²) < 4.78 is 5.31. The summed E-state index contributed by atoms with van der Waals surface area (Å²) in [6.07, 6.45) is 0. The molecule has 0 radical (unpaired) electrons. The highest BCUT2D eigenvalue weighted by atomic mass is 16.4. The first-order valence-electron chi connectivity index (χ1n) is 6.37. The molecule has 1 aliphatic carbocycles. The van der Waals surface area contributed by atoms with Gasteiger partial charge < -0.3 is 15.5 Å². The van der Waals surface area contributed by atoms with E-state index in [0.717, 1.165) is 0 Å². The van der Waals surface area contributed by atoms with Crippen molar-refractivity contribution < 1.29 is 9.21 Å². The van der Waals surface area contributed by atoms with Crippen molar-refractivity contribution in [3.8, 4) is 0 Å². The molecule has 0 atom stereocenters. The number of nitrogens with one attached hydrogen (secondary N) is 1. The van der Waals surface area contributed by atoms with E-state index in [-0.39, 0.29) is 16.7 Å². The summed E-state index contributed by atoms with van der Waals surface area (Å²) in [5.41, 5.74) is 6.01. The fraction of sp³-hybridized carbons (Fsp3) is 0.643. The SMILES string of the molecule is CC1(C)C(CNC(=O)c2ccc(CN)o2)C1(C)C. The van der Waals surface area contributed by atoms with Gasteiger partial charge in [-0.05, 0) is 28.9 Å². The van der Waals surface area contributed by atoms with Gasteiger partial charge in [-0.1, -0.05) is 27.7 Å². The van der Waals surface area contributed by atoms with Crippen LogP contribution in [0.5, 0.6) is 0 Å². The predicted octanol–water partition coefficient (Wildman–Crippen LogP) is 2.15. The van der Waals surface area contributed by atoms with E-state index in [1.54, 1.807) is 12.1 Å². The summed E-state index contributed by atoms with van der Waals surface area (Å²) in [5.74, 6) is 1.32. The number of amides is 1. The van der Waals surface area contributed by atoms with Crippen LogP contribution in [-0.4, -0.2) is 12.5 Å². The van der Waals surface area contributed by atoms with Crippen molar-refractivity contribution in [1.82, 2.24) is 5.32 Å². The molecule has 1 aromatic heterocycles. The lowest BCUT2D eigenvalue weighted by atomic mass is 10.0. The van der Waals surface area contributed by atoms with Gasteiger partial charge in [0.1, 0.15) is 5.76 Å². The summed E-state index contributed by atoms with van der Waals surface area (Å²) >= 11 is 0. The van der Waals surface area contributed by atoms with Crippen LogP contribution in [0.15, 0.2) is 16.5 Å². The van der Waals surface area contributed by atoms with Crippen molar-refractivity contribution in [3.63, 3.8) is 0 Å². The number of furan rings is 1. The largest absolute Gasteiger partial charge is 0.455 e. The van der Waals surface area contributed by atoms with Gasteiger partial charge in [-0.25, -0.2) is 0 Å². The van der Waals surface area contributed by atoms with Crippen LogP contribution in [0.2, 0.25) is 0 Å². The van der Waals surface area contributed by atoms with E-state index < -0.39 is 0 Å². The molecular weight excluding hydrogens is 228 g/mol. The van der Waals surface area contributed by atoms with Crippen molar-refractivity contribution in [2.24, 2.45) is 22.5 Å². The average molecular weight is 250 g/mol. The van der Waals surface area contributed by atoms with Crippen molar-refractivity contribution in [3.05, 3.63) is 23.7 Å². The minimum absolute atomic E-state index is 0.159. The van der Waals surface area contributed by atoms with Crippen LogP contribution in [0, 0.1) is 16.7 Å². The Morgan fingerprint density at radius 2 is 1.94 bits per heavy atom. The topological polar surface area (TPSA) is 68.3 Å². The first kappa shape index (κ1) is 13.1. The molecule has 3 N–H and O–H groups in total. The van der Waals surface area contributed by atoms with E-state index in [2.05, 4.69) is 33.0 Å². The van der Waals surface area contributed by atoms with Gasteiger partial charge in [-0.15, -0.1) is 0 Å². The Kier molecular flexibility index (Phi) is 3.01. The molecule has 18 heavy (non-hydrogen) atoms. The molecule has 4 heteroatoms. The fourth-order valence-electron chi connectivity index (χ4n) is 2.74. The zero-order valence-corrected chi connectivity index (χ0v) is 11.5. The summed E-state index contributed by atoms with van der Waals surface area (Å²) in [5, 5.41) is 2.94. The van der Waals surface area contributed by atoms with Gasteiger partial charge in [0.2, 0.25) is 0 Å². The second kappa shape index (κ2) is 4.12. The van der Waals surface area contributed by atoms with E-state index in [1.165, 1.54) is 0 Å². The normalized spacial score (nSPS) is 20.7. The molecule has 1 heterocycles. The summed E-state index contributed by atoms with van der Waals surface area (Å²) in [6.45, 7) is 9.96. The number of carbonyl (C=O) groups is 1. The van der Waals surface area contributed by atoms with Gasteiger partial charge in [-0.3, -0.25) is 4.79 Å². The Hall–Kier alpha value is -1.29. The van der Waals surface area contributed by atoms with Crippen molar-refractivity contribution in [2.75, 3.05) is 6.54 Å². The minimum atomic E-state index is -0.159. The maximum absolute atomic E-state index is 11.9. The van der Waals surface area contributed by atoms with Gasteiger partial charge in [0, 0.05) is 6.54 Å². The number of hydrogen-bond acceptors (Lipinski definition) is 3. The smallest absolute Gasteiger partial charge is 0.287 e. The molecule has 0 spiro atoms. The molecule has 0 aliphatic heterocycles. The molecule has 2 rings (SSSR count). The highest BCUT2D eigenvalue weighted by Gasteiger charge is 2.64. The zero-order valence-electron chi connectivity index (χ0n) is 11.5. The number of nitrogens with two attached hydrogens (primary N) is 1. The lowest BCUT2D eigenvalue weighted by molar-refractivity contribution is 0.0920. The third-order valence-corrected chi connectivity index (χ3v) is 4.87. The van der Waals surface area contributed by atoms with Crippen LogP contribution in [0.4, 0.5) is 0 Å². The Bertz CT molecular complexity index is 446. The maximum Gasteiger partial charge on any atom is 0.287 e. The number of rotatable bonds is 4. The third-order valence-electron chi connectivity index (χ3n) is 4.87. The zero-order chi connectivity index (χ0) is 13.6. The van der Waals surface area contributed by atoms with E-state index in [4.69, 9.17) is 10.2 Å². The molecule has 0 aromatic carbocycles. The standard InChI is InChI=1S/C14H22N2O2/c1-13(2)11(14(13,3)4)8-16-12(17)10-6-5-9(7-15)18-10/h5-6,11H,7-8,15H2,1-4H3,(H,16,17). The molecule has 1 aromatic rings. The Balaban J connectivity index is 1.90. The van der Waals surface area contributed by atoms with Crippen LogP contribution < -0.4 is 11.1 Å². The predicted molar refractivity (Wildman–Crippen MR) is 70.0 cm³/mol. The maximum atomic E-state index is 11.9. The van der Waals surface area contributed by atoms with E-state index in [9.17, 15) is 4.79 Å². The average Bonchev–Trinajstić information content (AvgIpc) is 2.71. The molecule has 1 fully saturated rings. The molecule has 0 unspecified atom stereocenters. The Morgan fingerprint density at radius 1 is 1.33 bits per heavy atom. The van der Waals surface area contributed by atoms with Crippen LogP contribution >= 0.6 is 0 Å². The summed E-state index contributed by atoms with van der Waals surface area (Å²) in [4.78, 5) is 11.9. The van der Waals surface area contributed by atoms with Crippen LogP contribution in [0.25, 0.3) is 0 Å². The number of hydrogen-bond donors (Lipinski definition) is 2. The van der Waals surface area contributed by atoms with Crippen LogP contribution in [0.3, 0.4) is 0 Å². The highest BCUT2D eigenvalue weighted by molar-refractivity contribution is 5.91. The van der Waals surface area contributed by atoms with Crippen LogP contribution in [-0.2, 0) is 6.54 Å². The highest BCUT2D eigenvalue weighted by Crippen LogP contribution is 2.67. The second-order valence-corrected chi connectivity index (χ2v) is 6.18. The first-order valence-corrected chi connectivity index (χ1v) is 6.37. The minimum Gasteiger partial charge on any atom is -0.455 e. The molecule has 1 saturated carbocycles. The van der Waals surface area contributed by atoms with Crippen molar-refractivity contribution in [1.29, 1.82) is 0 Å². The number of carbonyl (C=O) groups excluding carboxylic acids is 1. The van der Waals surface area contributed by atoms with E-state index in [0.29, 0.717) is 30.5 Å². The van der Waals surface area contributed by atoms with Gasteiger partial charge in [-0.2, -0.15) is 0 Å². The quantitative estimate of drug-likeness (QED) is 0.860. The summed E-state index contributed by atoms with van der Waals surface area (Å²) in [6, 6.07) is 3.40. The molecule has 1 aliphatic rings. The molecule has 100 valence electrons. The van der Waals surface area contributed by atoms with E-state index >= 15 is 0 Å². The lowest BCUT2D eigenvalue weighted by Crippen LogP contribution is -2.26. The van der Waals surface area contributed by atoms with Gasteiger partial charge >= 0.3 is 0 Å². The third kappa shape index (κ3) is 1.94. The van der Waals surface area contributed by atoms with Crippen molar-refractivity contribution in [2.45, 2.75) is 34.2 Å². The Morgan fingerprint density at radius 3 is 2.39 bits per heavy atom. The molecule has 0 bridgehead atoms. The van der Waals surface area contributed by atoms with Gasteiger partial charge in [0.15, 0.2) is 5.76 Å². The fourth-order valence-corrected chi connectivity index (χ4v) is 2.74. The van der Waals surface area contributed by atoms with Gasteiger partial charge in [0.05, 0.1) is 6.54 Å². The molecular formula is C14H22N2O2. The lowest BCUT2D eigenvalue weighted by Gasteiger charge is -2.04. The Labute approximate surface area is 108 Å². The summed E-state index contributed by atoms with van der Waals surface area (Å²) in [7, 11) is 0. The van der Waals surface area contributed by atoms with Gasteiger partial charge in [0.25, 0.3) is 5.91 Å². The molecule has 1 amide bonds. The van der Waals surface area contributed by atoms with Crippen LogP contribution in [0.1, 0.15) is 44.0 Å². The molecule has 4 nitrogen and oxygen atoms in total.